The standard InChI is InChI=1S/C22H27Cl2NO2Si/c1-7-8-22-12-18(27-28(5,6)21(2,3)4)14-25(22)20(26)19(13-22)15-9-16(23)11-17(24)10-15/h8-11,13,18H,1,12,14H2,2-6H3/t18-,22+/m1/s1. The summed E-state index contributed by atoms with van der Waals surface area (Å²) in [5.41, 5.74) is 3.68. The van der Waals surface area contributed by atoms with Gasteiger partial charge in [-0.25, -0.2) is 0 Å². The molecule has 3 rings (SSSR count). The molecule has 0 unspecified atom stereocenters. The van der Waals surface area contributed by atoms with Gasteiger partial charge in [-0.2, -0.15) is 0 Å². The molecule has 2 aliphatic heterocycles. The van der Waals surface area contributed by atoms with E-state index in [0.29, 0.717) is 28.6 Å². The zero-order valence-electron chi connectivity index (χ0n) is 17.1. The SMILES string of the molecule is C=C=C[C@]12C=C(c3cc(Cl)cc(Cl)c3)C(=O)N1C[C@H](O[Si](C)(C)C(C)(C)C)C2. The van der Waals surface area contributed by atoms with E-state index in [1.54, 1.807) is 18.2 Å². The predicted molar refractivity (Wildman–Crippen MR) is 119 cm³/mol. The highest BCUT2D eigenvalue weighted by molar-refractivity contribution is 6.74. The van der Waals surface area contributed by atoms with Crippen molar-refractivity contribution in [2.24, 2.45) is 0 Å². The molecular weight excluding hydrogens is 409 g/mol. The average Bonchev–Trinajstić information content (AvgIpc) is 2.99. The number of hydrogen-bond donors (Lipinski definition) is 0. The first-order valence-corrected chi connectivity index (χ1v) is 13.1. The van der Waals surface area contributed by atoms with E-state index in [9.17, 15) is 4.79 Å². The summed E-state index contributed by atoms with van der Waals surface area (Å²) in [7, 11) is -1.93. The normalized spacial score (nSPS) is 24.8. The average molecular weight is 436 g/mol. The minimum Gasteiger partial charge on any atom is -0.412 e. The summed E-state index contributed by atoms with van der Waals surface area (Å²) in [6.45, 7) is 15.4. The number of fused-ring (bicyclic) bond motifs is 1. The van der Waals surface area contributed by atoms with Crippen LogP contribution >= 0.6 is 23.2 Å². The quantitative estimate of drug-likeness (QED) is 0.422. The van der Waals surface area contributed by atoms with Crippen LogP contribution in [-0.4, -0.2) is 37.3 Å². The number of rotatable bonds is 4. The van der Waals surface area contributed by atoms with Crippen molar-refractivity contribution in [1.82, 2.24) is 4.90 Å². The maximum Gasteiger partial charge on any atom is 0.255 e. The summed E-state index contributed by atoms with van der Waals surface area (Å²) < 4.78 is 6.60. The molecule has 2 heterocycles. The van der Waals surface area contributed by atoms with Gasteiger partial charge in [0.15, 0.2) is 8.32 Å². The number of amides is 1. The predicted octanol–water partition coefficient (Wildman–Crippen LogP) is 6.09. The summed E-state index contributed by atoms with van der Waals surface area (Å²) in [5, 5.41) is 1.13. The maximum absolute atomic E-state index is 13.3. The smallest absolute Gasteiger partial charge is 0.255 e. The van der Waals surface area contributed by atoms with E-state index in [1.807, 2.05) is 17.1 Å². The van der Waals surface area contributed by atoms with Crippen LogP contribution in [0.1, 0.15) is 32.8 Å². The molecule has 1 aromatic rings. The summed E-state index contributed by atoms with van der Waals surface area (Å²) in [6, 6.07) is 5.21. The van der Waals surface area contributed by atoms with Crippen molar-refractivity contribution in [3.05, 3.63) is 58.3 Å². The molecule has 1 amide bonds. The van der Waals surface area contributed by atoms with Crippen LogP contribution in [0.5, 0.6) is 0 Å². The van der Waals surface area contributed by atoms with Gasteiger partial charge in [-0.3, -0.25) is 4.79 Å². The molecule has 0 N–H and O–H groups in total. The Morgan fingerprint density at radius 1 is 1.29 bits per heavy atom. The first-order valence-electron chi connectivity index (χ1n) is 9.45. The Kier molecular flexibility index (Phi) is 5.50. The lowest BCUT2D eigenvalue weighted by Crippen LogP contribution is -2.44. The van der Waals surface area contributed by atoms with Crippen LogP contribution in [0, 0.1) is 0 Å². The van der Waals surface area contributed by atoms with Gasteiger partial charge >= 0.3 is 0 Å². The molecule has 2 atom stereocenters. The van der Waals surface area contributed by atoms with Crippen molar-refractivity contribution in [2.75, 3.05) is 6.54 Å². The highest BCUT2D eigenvalue weighted by Gasteiger charge is 2.53. The van der Waals surface area contributed by atoms with Gasteiger partial charge in [-0.15, -0.1) is 5.73 Å². The van der Waals surface area contributed by atoms with Crippen molar-refractivity contribution in [2.45, 2.75) is 57.0 Å². The summed E-state index contributed by atoms with van der Waals surface area (Å²) in [4.78, 5) is 15.1. The molecule has 150 valence electrons. The van der Waals surface area contributed by atoms with E-state index in [2.05, 4.69) is 46.2 Å². The topological polar surface area (TPSA) is 29.5 Å². The summed E-state index contributed by atoms with van der Waals surface area (Å²) in [5.74, 6) is -0.0360. The molecule has 0 spiro atoms. The monoisotopic (exact) mass is 435 g/mol. The van der Waals surface area contributed by atoms with E-state index in [-0.39, 0.29) is 17.0 Å². The fourth-order valence-corrected chi connectivity index (χ4v) is 5.59. The van der Waals surface area contributed by atoms with Crippen LogP contribution in [0.4, 0.5) is 0 Å². The largest absolute Gasteiger partial charge is 0.412 e. The minimum atomic E-state index is -1.93. The molecule has 2 aliphatic rings. The van der Waals surface area contributed by atoms with Gasteiger partial charge in [-0.1, -0.05) is 50.6 Å². The van der Waals surface area contributed by atoms with Crippen molar-refractivity contribution >= 4 is 43.0 Å². The van der Waals surface area contributed by atoms with E-state index in [1.165, 1.54) is 0 Å². The van der Waals surface area contributed by atoms with E-state index >= 15 is 0 Å². The lowest BCUT2D eigenvalue weighted by atomic mass is 9.94. The summed E-state index contributed by atoms with van der Waals surface area (Å²) in [6.07, 6.45) is 4.56. The lowest BCUT2D eigenvalue weighted by Gasteiger charge is -2.38. The van der Waals surface area contributed by atoms with E-state index < -0.39 is 13.9 Å². The Hall–Kier alpha value is -1.29. The molecule has 3 nitrogen and oxygen atoms in total. The molecule has 0 bridgehead atoms. The van der Waals surface area contributed by atoms with Crippen molar-refractivity contribution in [1.29, 1.82) is 0 Å². The first-order chi connectivity index (χ1) is 12.9. The molecular formula is C22H27Cl2NO2Si. The zero-order valence-corrected chi connectivity index (χ0v) is 19.6. The maximum atomic E-state index is 13.3. The highest BCUT2D eigenvalue weighted by Crippen LogP contribution is 2.46. The molecule has 1 saturated heterocycles. The minimum absolute atomic E-state index is 0.00445. The van der Waals surface area contributed by atoms with Gasteiger partial charge in [0.1, 0.15) is 0 Å². The second kappa shape index (κ2) is 7.19. The Morgan fingerprint density at radius 3 is 2.43 bits per heavy atom. The third-order valence-corrected chi connectivity index (χ3v) is 11.1. The lowest BCUT2D eigenvalue weighted by molar-refractivity contribution is -0.125. The number of carbonyl (C=O) groups excluding carboxylic acids is 1. The van der Waals surface area contributed by atoms with E-state index in [0.717, 1.165) is 5.56 Å². The second-order valence-corrected chi connectivity index (χ2v) is 14.8. The highest BCUT2D eigenvalue weighted by atomic mass is 35.5. The van der Waals surface area contributed by atoms with Crippen LogP contribution in [0.15, 0.2) is 42.7 Å². The third-order valence-electron chi connectivity index (χ3n) is 6.11. The zero-order chi connectivity index (χ0) is 20.9. The van der Waals surface area contributed by atoms with Crippen LogP contribution in [0.2, 0.25) is 28.2 Å². The summed E-state index contributed by atoms with van der Waals surface area (Å²) >= 11 is 12.3. The number of benzene rings is 1. The number of nitrogens with zero attached hydrogens (tertiary/aromatic N) is 1. The molecule has 0 aromatic heterocycles. The van der Waals surface area contributed by atoms with Gasteiger partial charge in [-0.05, 0) is 54.0 Å². The molecule has 1 aromatic carbocycles. The van der Waals surface area contributed by atoms with Gasteiger partial charge in [0.05, 0.1) is 11.6 Å². The van der Waals surface area contributed by atoms with Crippen molar-refractivity contribution in [3.63, 3.8) is 0 Å². The van der Waals surface area contributed by atoms with Gasteiger partial charge < -0.3 is 9.33 Å². The van der Waals surface area contributed by atoms with Gasteiger partial charge in [0, 0.05) is 28.6 Å². The molecule has 0 radical (unpaired) electrons. The molecule has 6 heteroatoms. The fraction of sp³-hybridized carbons (Fsp3) is 0.455. The Morgan fingerprint density at radius 2 is 1.89 bits per heavy atom. The molecule has 0 aliphatic carbocycles. The number of hydrogen-bond acceptors (Lipinski definition) is 2. The molecule has 28 heavy (non-hydrogen) atoms. The Bertz CT molecular complexity index is 876. The van der Waals surface area contributed by atoms with Gasteiger partial charge in [0.25, 0.3) is 5.91 Å². The number of carbonyl (C=O) groups is 1. The number of halogens is 2. The fourth-order valence-electron chi connectivity index (χ4n) is 3.72. The van der Waals surface area contributed by atoms with Crippen LogP contribution in [0.3, 0.4) is 0 Å². The van der Waals surface area contributed by atoms with Crippen LogP contribution in [-0.2, 0) is 9.22 Å². The van der Waals surface area contributed by atoms with Crippen LogP contribution < -0.4 is 0 Å². The van der Waals surface area contributed by atoms with Crippen molar-refractivity contribution in [3.8, 4) is 0 Å². The van der Waals surface area contributed by atoms with E-state index in [4.69, 9.17) is 27.6 Å². The van der Waals surface area contributed by atoms with Crippen molar-refractivity contribution < 1.29 is 9.22 Å². The Balaban J connectivity index is 1.95. The Labute approximate surface area is 178 Å². The molecule has 1 fully saturated rings. The van der Waals surface area contributed by atoms with Crippen LogP contribution in [0.25, 0.3) is 5.57 Å². The molecule has 0 saturated carbocycles. The first kappa shape index (κ1) is 21.4. The van der Waals surface area contributed by atoms with Gasteiger partial charge in [0.2, 0.25) is 0 Å². The third kappa shape index (κ3) is 3.77. The second-order valence-electron chi connectivity index (χ2n) is 9.18.